The van der Waals surface area contributed by atoms with Crippen LogP contribution in [0.4, 0.5) is 5.69 Å². The minimum absolute atomic E-state index is 0.0373. The molecule has 1 aliphatic rings. The van der Waals surface area contributed by atoms with Gasteiger partial charge in [-0.1, -0.05) is 18.0 Å². The van der Waals surface area contributed by atoms with Crippen LogP contribution in [0.25, 0.3) is 0 Å². The van der Waals surface area contributed by atoms with E-state index in [0.29, 0.717) is 0 Å². The molecule has 0 aliphatic carbocycles. The van der Waals surface area contributed by atoms with Gasteiger partial charge in [0.2, 0.25) is 10.0 Å². The summed E-state index contributed by atoms with van der Waals surface area (Å²) >= 11 is 5.85. The van der Waals surface area contributed by atoms with Crippen LogP contribution < -0.4 is 10.0 Å². The van der Waals surface area contributed by atoms with Gasteiger partial charge in [0.1, 0.15) is 4.90 Å². The monoisotopic (exact) mass is 333 g/mol. The molecule has 0 spiro atoms. The lowest BCUT2D eigenvalue weighted by molar-refractivity contribution is -0.385. The Morgan fingerprint density at radius 2 is 2.19 bits per heavy atom. The molecule has 1 heterocycles. The first-order valence-electron chi connectivity index (χ1n) is 6.57. The zero-order chi connectivity index (χ0) is 15.5. The van der Waals surface area contributed by atoms with Crippen molar-refractivity contribution in [3.63, 3.8) is 0 Å². The highest BCUT2D eigenvalue weighted by atomic mass is 35.5. The molecule has 1 aliphatic heterocycles. The molecule has 1 atom stereocenters. The Balaban J connectivity index is 2.14. The number of nitrogens with zero attached hydrogens (tertiary/aromatic N) is 1. The third kappa shape index (κ3) is 4.13. The fourth-order valence-corrected chi connectivity index (χ4v) is 3.80. The Kier molecular flexibility index (Phi) is 5.15. The van der Waals surface area contributed by atoms with E-state index >= 15 is 0 Å². The highest BCUT2D eigenvalue weighted by molar-refractivity contribution is 7.89. The molecule has 1 fully saturated rings. The van der Waals surface area contributed by atoms with Gasteiger partial charge in [0.05, 0.1) is 9.95 Å². The highest BCUT2D eigenvalue weighted by Gasteiger charge is 2.23. The first-order valence-corrected chi connectivity index (χ1v) is 8.43. The molecule has 21 heavy (non-hydrogen) atoms. The summed E-state index contributed by atoms with van der Waals surface area (Å²) < 4.78 is 26.9. The Bertz CT molecular complexity index is 629. The van der Waals surface area contributed by atoms with Crippen LogP contribution in [0.5, 0.6) is 0 Å². The maximum absolute atomic E-state index is 12.2. The van der Waals surface area contributed by atoms with Crippen molar-refractivity contribution in [3.05, 3.63) is 33.3 Å². The number of hydrogen-bond acceptors (Lipinski definition) is 5. The summed E-state index contributed by atoms with van der Waals surface area (Å²) in [6.45, 7) is 1.10. The minimum atomic E-state index is -3.87. The smallest absolute Gasteiger partial charge is 0.270 e. The molecule has 0 aromatic heterocycles. The third-order valence-electron chi connectivity index (χ3n) is 3.35. The summed E-state index contributed by atoms with van der Waals surface area (Å²) in [5.74, 6) is 0. The molecule has 1 aromatic rings. The van der Waals surface area contributed by atoms with Gasteiger partial charge in [-0.15, -0.1) is 0 Å². The second-order valence-electron chi connectivity index (χ2n) is 4.87. The topological polar surface area (TPSA) is 101 Å². The van der Waals surface area contributed by atoms with Crippen LogP contribution in [0, 0.1) is 10.1 Å². The van der Waals surface area contributed by atoms with E-state index in [4.69, 9.17) is 11.6 Å². The third-order valence-corrected chi connectivity index (χ3v) is 5.25. The van der Waals surface area contributed by atoms with Crippen LogP contribution in [0.1, 0.15) is 19.3 Å². The molecule has 9 heteroatoms. The summed E-state index contributed by atoms with van der Waals surface area (Å²) in [7, 11) is -3.87. The van der Waals surface area contributed by atoms with Crippen LogP contribution in [-0.2, 0) is 10.0 Å². The number of sulfonamides is 1. The predicted octanol–water partition coefficient (Wildman–Crippen LogP) is 1.67. The summed E-state index contributed by atoms with van der Waals surface area (Å²) in [6, 6.07) is 3.43. The lowest BCUT2D eigenvalue weighted by Crippen LogP contribution is -2.43. The zero-order valence-electron chi connectivity index (χ0n) is 11.2. The molecule has 0 amide bonds. The van der Waals surface area contributed by atoms with Gasteiger partial charge < -0.3 is 5.32 Å². The van der Waals surface area contributed by atoms with Gasteiger partial charge in [0.15, 0.2) is 0 Å². The second kappa shape index (κ2) is 6.69. The van der Waals surface area contributed by atoms with Gasteiger partial charge in [0, 0.05) is 24.7 Å². The fourth-order valence-electron chi connectivity index (χ4n) is 2.20. The van der Waals surface area contributed by atoms with Crippen LogP contribution in [0.15, 0.2) is 23.1 Å². The number of non-ortho nitro benzene ring substituents is 1. The fraction of sp³-hybridized carbons (Fsp3) is 0.500. The number of halogens is 1. The van der Waals surface area contributed by atoms with E-state index < -0.39 is 14.9 Å². The van der Waals surface area contributed by atoms with E-state index in [1.54, 1.807) is 0 Å². The Morgan fingerprint density at radius 3 is 2.81 bits per heavy atom. The number of rotatable bonds is 5. The molecular formula is C12H16ClN3O4S. The van der Waals surface area contributed by atoms with E-state index in [-0.39, 0.29) is 28.2 Å². The van der Waals surface area contributed by atoms with Gasteiger partial charge in [-0.2, -0.15) is 0 Å². The van der Waals surface area contributed by atoms with E-state index in [9.17, 15) is 18.5 Å². The van der Waals surface area contributed by atoms with Crippen molar-refractivity contribution in [2.75, 3.05) is 13.1 Å². The minimum Gasteiger partial charge on any atom is -0.313 e. The van der Waals surface area contributed by atoms with Crippen LogP contribution >= 0.6 is 11.6 Å². The molecule has 1 unspecified atom stereocenters. The summed E-state index contributed by atoms with van der Waals surface area (Å²) in [6.07, 6.45) is 3.03. The van der Waals surface area contributed by atoms with E-state index in [0.717, 1.165) is 31.9 Å². The summed E-state index contributed by atoms with van der Waals surface area (Å²) in [5.41, 5.74) is -0.310. The van der Waals surface area contributed by atoms with Gasteiger partial charge in [-0.05, 0) is 25.5 Å². The van der Waals surface area contributed by atoms with Crippen molar-refractivity contribution in [3.8, 4) is 0 Å². The second-order valence-corrected chi connectivity index (χ2v) is 7.01. The molecule has 1 aromatic carbocycles. The Labute approximate surface area is 127 Å². The average Bonchev–Trinajstić information content (AvgIpc) is 2.46. The first-order chi connectivity index (χ1) is 9.90. The first kappa shape index (κ1) is 16.2. The van der Waals surface area contributed by atoms with Crippen LogP contribution in [0.3, 0.4) is 0 Å². The average molecular weight is 334 g/mol. The molecule has 116 valence electrons. The number of hydrogen-bond donors (Lipinski definition) is 2. The van der Waals surface area contributed by atoms with Crippen molar-refractivity contribution < 1.29 is 13.3 Å². The van der Waals surface area contributed by atoms with Crippen molar-refractivity contribution in [2.45, 2.75) is 30.2 Å². The molecule has 0 saturated carbocycles. The Morgan fingerprint density at radius 1 is 1.43 bits per heavy atom. The lowest BCUT2D eigenvalue weighted by Gasteiger charge is -2.23. The lowest BCUT2D eigenvalue weighted by atomic mass is 10.1. The van der Waals surface area contributed by atoms with Crippen LogP contribution in [-0.4, -0.2) is 32.5 Å². The van der Waals surface area contributed by atoms with E-state index in [2.05, 4.69) is 10.0 Å². The predicted molar refractivity (Wildman–Crippen MR) is 78.9 cm³/mol. The van der Waals surface area contributed by atoms with Crippen molar-refractivity contribution in [2.24, 2.45) is 0 Å². The molecule has 2 rings (SSSR count). The maximum atomic E-state index is 12.2. The molecule has 2 N–H and O–H groups in total. The Hall–Kier alpha value is -1.22. The SMILES string of the molecule is O=[N+]([O-])c1ccc(Cl)c(S(=O)(=O)NCC2CCCCN2)c1. The maximum Gasteiger partial charge on any atom is 0.270 e. The molecular weight excluding hydrogens is 318 g/mol. The zero-order valence-corrected chi connectivity index (χ0v) is 12.8. The molecule has 1 saturated heterocycles. The molecule has 0 radical (unpaired) electrons. The normalized spacial score (nSPS) is 19.4. The molecule has 7 nitrogen and oxygen atoms in total. The van der Waals surface area contributed by atoms with Crippen LogP contribution in [0.2, 0.25) is 5.02 Å². The van der Waals surface area contributed by atoms with Gasteiger partial charge in [0.25, 0.3) is 5.69 Å². The number of nitro groups is 1. The van der Waals surface area contributed by atoms with Crippen molar-refractivity contribution in [1.29, 1.82) is 0 Å². The van der Waals surface area contributed by atoms with Gasteiger partial charge in [-0.3, -0.25) is 10.1 Å². The molecule has 0 bridgehead atoms. The quantitative estimate of drug-likeness (QED) is 0.630. The number of nitro benzene ring substituents is 1. The van der Waals surface area contributed by atoms with Crippen molar-refractivity contribution in [1.82, 2.24) is 10.0 Å². The largest absolute Gasteiger partial charge is 0.313 e. The number of piperidine rings is 1. The van der Waals surface area contributed by atoms with Crippen molar-refractivity contribution >= 4 is 27.3 Å². The van der Waals surface area contributed by atoms with E-state index in [1.165, 1.54) is 12.1 Å². The number of nitrogens with one attached hydrogen (secondary N) is 2. The van der Waals surface area contributed by atoms with Gasteiger partial charge >= 0.3 is 0 Å². The summed E-state index contributed by atoms with van der Waals surface area (Å²) in [4.78, 5) is 9.81. The number of benzene rings is 1. The van der Waals surface area contributed by atoms with E-state index in [1.807, 2.05) is 0 Å². The summed E-state index contributed by atoms with van der Waals surface area (Å²) in [5, 5.41) is 13.9. The highest BCUT2D eigenvalue weighted by Crippen LogP contribution is 2.26. The van der Waals surface area contributed by atoms with Gasteiger partial charge in [-0.25, -0.2) is 13.1 Å². The standard InChI is InChI=1S/C12H16ClN3O4S/c13-11-5-4-10(16(17)18)7-12(11)21(19,20)15-8-9-3-1-2-6-14-9/h4-5,7,9,14-15H,1-3,6,8H2.